The summed E-state index contributed by atoms with van der Waals surface area (Å²) in [6, 6.07) is 5.67. The maximum atomic E-state index is 9.40. The number of hydrogen-bond donors (Lipinski definition) is 2. The van der Waals surface area contributed by atoms with E-state index in [9.17, 15) is 5.11 Å². The fraction of sp³-hybridized carbons (Fsp3) is 0.400. The van der Waals surface area contributed by atoms with E-state index >= 15 is 0 Å². The van der Waals surface area contributed by atoms with Gasteiger partial charge in [-0.05, 0) is 36.6 Å². The highest BCUT2D eigenvalue weighted by molar-refractivity contribution is 5.45. The van der Waals surface area contributed by atoms with E-state index in [1.807, 2.05) is 18.2 Å². The summed E-state index contributed by atoms with van der Waals surface area (Å²) in [4.78, 5) is 0. The Kier molecular flexibility index (Phi) is 2.71. The zero-order chi connectivity index (χ0) is 9.14. The standard InChI is InChI=1S/C10H15NO/c1-3-8-4-5-9(11)6-10(8)7(2)12/h4-7,12H,3,11H2,1-2H3. The number of aliphatic hydroxyl groups excluding tert-OH is 1. The van der Waals surface area contributed by atoms with Gasteiger partial charge in [-0.3, -0.25) is 0 Å². The van der Waals surface area contributed by atoms with Crippen LogP contribution in [0.2, 0.25) is 0 Å². The third-order valence-electron chi connectivity index (χ3n) is 2.00. The zero-order valence-electron chi connectivity index (χ0n) is 7.54. The molecule has 0 saturated carbocycles. The predicted octanol–water partition coefficient (Wildman–Crippen LogP) is 1.88. The van der Waals surface area contributed by atoms with Crippen LogP contribution < -0.4 is 5.73 Å². The average Bonchev–Trinajstić information content (AvgIpc) is 2.04. The molecule has 1 aromatic rings. The first kappa shape index (κ1) is 9.07. The Morgan fingerprint density at radius 3 is 2.67 bits per heavy atom. The van der Waals surface area contributed by atoms with E-state index < -0.39 is 6.10 Å². The molecule has 0 spiro atoms. The lowest BCUT2D eigenvalue weighted by Crippen LogP contribution is -1.99. The summed E-state index contributed by atoms with van der Waals surface area (Å²) < 4.78 is 0. The average molecular weight is 165 g/mol. The van der Waals surface area contributed by atoms with Crippen LogP contribution in [-0.2, 0) is 6.42 Å². The number of benzene rings is 1. The van der Waals surface area contributed by atoms with Gasteiger partial charge < -0.3 is 10.8 Å². The van der Waals surface area contributed by atoms with Crippen LogP contribution in [0.15, 0.2) is 18.2 Å². The highest BCUT2D eigenvalue weighted by Gasteiger charge is 2.05. The maximum absolute atomic E-state index is 9.40. The molecule has 0 saturated heterocycles. The molecular weight excluding hydrogens is 150 g/mol. The molecule has 1 aromatic carbocycles. The van der Waals surface area contributed by atoms with E-state index in [2.05, 4.69) is 6.92 Å². The molecule has 2 nitrogen and oxygen atoms in total. The van der Waals surface area contributed by atoms with Gasteiger partial charge in [-0.2, -0.15) is 0 Å². The molecule has 0 aliphatic heterocycles. The van der Waals surface area contributed by atoms with Gasteiger partial charge in [0.2, 0.25) is 0 Å². The summed E-state index contributed by atoms with van der Waals surface area (Å²) in [5.74, 6) is 0. The highest BCUT2D eigenvalue weighted by atomic mass is 16.3. The highest BCUT2D eigenvalue weighted by Crippen LogP contribution is 2.20. The van der Waals surface area contributed by atoms with Gasteiger partial charge in [-0.15, -0.1) is 0 Å². The molecule has 0 aliphatic rings. The molecule has 0 heterocycles. The van der Waals surface area contributed by atoms with Gasteiger partial charge in [-0.25, -0.2) is 0 Å². The minimum absolute atomic E-state index is 0.427. The number of anilines is 1. The number of aliphatic hydroxyl groups is 1. The summed E-state index contributed by atoms with van der Waals surface area (Å²) in [5.41, 5.74) is 8.43. The first-order valence-electron chi connectivity index (χ1n) is 4.21. The zero-order valence-corrected chi connectivity index (χ0v) is 7.54. The Morgan fingerprint density at radius 2 is 2.17 bits per heavy atom. The minimum Gasteiger partial charge on any atom is -0.399 e. The molecule has 0 amide bonds. The van der Waals surface area contributed by atoms with E-state index in [1.165, 1.54) is 5.56 Å². The molecule has 3 N–H and O–H groups in total. The van der Waals surface area contributed by atoms with Gasteiger partial charge in [0.05, 0.1) is 6.10 Å². The van der Waals surface area contributed by atoms with Crippen LogP contribution in [0, 0.1) is 0 Å². The van der Waals surface area contributed by atoms with Gasteiger partial charge >= 0.3 is 0 Å². The van der Waals surface area contributed by atoms with Gasteiger partial charge in [-0.1, -0.05) is 13.0 Å². The minimum atomic E-state index is -0.427. The quantitative estimate of drug-likeness (QED) is 0.657. The fourth-order valence-corrected chi connectivity index (χ4v) is 1.32. The van der Waals surface area contributed by atoms with Crippen molar-refractivity contribution in [2.45, 2.75) is 26.4 Å². The lowest BCUT2D eigenvalue weighted by Gasteiger charge is -2.10. The number of nitrogens with two attached hydrogens (primary N) is 1. The van der Waals surface area contributed by atoms with Crippen molar-refractivity contribution in [3.8, 4) is 0 Å². The first-order valence-corrected chi connectivity index (χ1v) is 4.21. The largest absolute Gasteiger partial charge is 0.399 e. The molecule has 12 heavy (non-hydrogen) atoms. The van der Waals surface area contributed by atoms with Gasteiger partial charge in [0, 0.05) is 5.69 Å². The smallest absolute Gasteiger partial charge is 0.0765 e. The van der Waals surface area contributed by atoms with Crippen molar-refractivity contribution in [1.29, 1.82) is 0 Å². The number of aryl methyl sites for hydroxylation is 1. The van der Waals surface area contributed by atoms with Crippen molar-refractivity contribution in [3.63, 3.8) is 0 Å². The molecule has 1 unspecified atom stereocenters. The topological polar surface area (TPSA) is 46.2 Å². The number of hydrogen-bond acceptors (Lipinski definition) is 2. The molecule has 1 atom stereocenters. The fourth-order valence-electron chi connectivity index (χ4n) is 1.32. The van der Waals surface area contributed by atoms with Crippen LogP contribution in [0.25, 0.3) is 0 Å². The second-order valence-corrected chi connectivity index (χ2v) is 2.99. The molecular formula is C10H15NO. The van der Waals surface area contributed by atoms with E-state index in [-0.39, 0.29) is 0 Å². The van der Waals surface area contributed by atoms with Gasteiger partial charge in [0.1, 0.15) is 0 Å². The van der Waals surface area contributed by atoms with Crippen LogP contribution in [0.5, 0.6) is 0 Å². The van der Waals surface area contributed by atoms with Crippen molar-refractivity contribution < 1.29 is 5.11 Å². The van der Waals surface area contributed by atoms with Gasteiger partial charge in [0.15, 0.2) is 0 Å². The Hall–Kier alpha value is -1.02. The summed E-state index contributed by atoms with van der Waals surface area (Å²) >= 11 is 0. The number of nitrogen functional groups attached to an aromatic ring is 1. The van der Waals surface area contributed by atoms with E-state index in [1.54, 1.807) is 6.92 Å². The van der Waals surface area contributed by atoms with Gasteiger partial charge in [0.25, 0.3) is 0 Å². The Morgan fingerprint density at radius 1 is 1.50 bits per heavy atom. The molecule has 0 fully saturated rings. The normalized spacial score (nSPS) is 12.9. The van der Waals surface area contributed by atoms with Crippen molar-refractivity contribution in [3.05, 3.63) is 29.3 Å². The predicted molar refractivity (Wildman–Crippen MR) is 50.9 cm³/mol. The maximum Gasteiger partial charge on any atom is 0.0765 e. The lowest BCUT2D eigenvalue weighted by atomic mass is 10.0. The molecule has 0 bridgehead atoms. The van der Waals surface area contributed by atoms with E-state index in [0.29, 0.717) is 5.69 Å². The molecule has 0 radical (unpaired) electrons. The summed E-state index contributed by atoms with van der Waals surface area (Å²) in [5, 5.41) is 9.40. The Balaban J connectivity index is 3.12. The monoisotopic (exact) mass is 165 g/mol. The van der Waals surface area contributed by atoms with Crippen molar-refractivity contribution in [1.82, 2.24) is 0 Å². The Labute approximate surface area is 73.0 Å². The van der Waals surface area contributed by atoms with Crippen LogP contribution in [0.3, 0.4) is 0 Å². The number of rotatable bonds is 2. The molecule has 2 heteroatoms. The summed E-state index contributed by atoms with van der Waals surface area (Å²) in [6.07, 6.45) is 0.504. The first-order chi connectivity index (χ1) is 5.65. The van der Waals surface area contributed by atoms with Crippen LogP contribution in [0.1, 0.15) is 31.1 Å². The third kappa shape index (κ3) is 1.77. The van der Waals surface area contributed by atoms with E-state index in [4.69, 9.17) is 5.73 Å². The summed E-state index contributed by atoms with van der Waals surface area (Å²) in [7, 11) is 0. The molecule has 0 aliphatic carbocycles. The summed E-state index contributed by atoms with van der Waals surface area (Å²) in [6.45, 7) is 3.82. The van der Waals surface area contributed by atoms with Crippen molar-refractivity contribution in [2.24, 2.45) is 0 Å². The van der Waals surface area contributed by atoms with Crippen LogP contribution >= 0.6 is 0 Å². The van der Waals surface area contributed by atoms with Crippen molar-refractivity contribution in [2.75, 3.05) is 5.73 Å². The van der Waals surface area contributed by atoms with E-state index in [0.717, 1.165) is 12.0 Å². The molecule has 66 valence electrons. The van der Waals surface area contributed by atoms with Crippen molar-refractivity contribution >= 4 is 5.69 Å². The van der Waals surface area contributed by atoms with Crippen LogP contribution in [-0.4, -0.2) is 5.11 Å². The molecule has 1 rings (SSSR count). The third-order valence-corrected chi connectivity index (χ3v) is 2.00. The second kappa shape index (κ2) is 3.59. The lowest BCUT2D eigenvalue weighted by molar-refractivity contribution is 0.198. The molecule has 0 aromatic heterocycles. The SMILES string of the molecule is CCc1ccc(N)cc1C(C)O. The van der Waals surface area contributed by atoms with Crippen LogP contribution in [0.4, 0.5) is 5.69 Å². The Bertz CT molecular complexity index is 269. The second-order valence-electron chi connectivity index (χ2n) is 2.99.